The first-order valence-electron chi connectivity index (χ1n) is 8.26. The van der Waals surface area contributed by atoms with Gasteiger partial charge in [-0.25, -0.2) is 12.7 Å². The van der Waals surface area contributed by atoms with E-state index >= 15 is 0 Å². The van der Waals surface area contributed by atoms with Crippen LogP contribution in [0.15, 0.2) is 18.2 Å². The molecule has 0 unspecified atom stereocenters. The van der Waals surface area contributed by atoms with Crippen molar-refractivity contribution in [1.82, 2.24) is 14.9 Å². The molecule has 138 valence electrons. The van der Waals surface area contributed by atoms with Crippen molar-refractivity contribution in [1.29, 1.82) is 0 Å². The van der Waals surface area contributed by atoms with Crippen molar-refractivity contribution in [3.63, 3.8) is 0 Å². The van der Waals surface area contributed by atoms with E-state index < -0.39 is 10.0 Å². The minimum atomic E-state index is -3.17. The number of carbonyl (C=O) groups is 2. The van der Waals surface area contributed by atoms with Crippen LogP contribution in [-0.2, 0) is 14.8 Å². The molecule has 2 N–H and O–H groups in total. The maximum Gasteiger partial charge on any atom is 0.251 e. The van der Waals surface area contributed by atoms with E-state index in [1.54, 1.807) is 12.1 Å². The Balaban J connectivity index is 1.78. The summed E-state index contributed by atoms with van der Waals surface area (Å²) in [6, 6.07) is 5.47. The predicted molar refractivity (Wildman–Crippen MR) is 95.8 cm³/mol. The Morgan fingerprint density at radius 2 is 1.68 bits per heavy atom. The second-order valence-corrected chi connectivity index (χ2v) is 8.55. The van der Waals surface area contributed by atoms with Gasteiger partial charge in [-0.15, -0.1) is 0 Å². The number of rotatable bonds is 5. The lowest BCUT2D eigenvalue weighted by Gasteiger charge is -2.30. The number of carbonyl (C=O) groups excluding carboxylic acids is 2. The van der Waals surface area contributed by atoms with E-state index in [-0.39, 0.29) is 24.4 Å². The molecule has 0 radical (unpaired) electrons. The third-order valence-corrected chi connectivity index (χ3v) is 5.48. The molecule has 0 aliphatic carbocycles. The van der Waals surface area contributed by atoms with E-state index in [4.69, 9.17) is 0 Å². The van der Waals surface area contributed by atoms with Crippen LogP contribution in [0.1, 0.15) is 34.3 Å². The van der Waals surface area contributed by atoms with Gasteiger partial charge in [0.05, 0.1) is 12.8 Å². The number of piperidine rings is 1. The molecule has 0 bridgehead atoms. The van der Waals surface area contributed by atoms with E-state index in [2.05, 4.69) is 10.6 Å². The van der Waals surface area contributed by atoms with Crippen molar-refractivity contribution in [2.24, 2.45) is 0 Å². The highest BCUT2D eigenvalue weighted by Gasteiger charge is 2.25. The lowest BCUT2D eigenvalue weighted by molar-refractivity contribution is -0.121. The van der Waals surface area contributed by atoms with Gasteiger partial charge >= 0.3 is 0 Å². The molecule has 1 heterocycles. The van der Waals surface area contributed by atoms with Gasteiger partial charge in [-0.3, -0.25) is 9.59 Å². The van der Waals surface area contributed by atoms with Crippen molar-refractivity contribution in [3.05, 3.63) is 34.9 Å². The van der Waals surface area contributed by atoms with Gasteiger partial charge in [0.1, 0.15) is 0 Å². The smallest absolute Gasteiger partial charge is 0.251 e. The van der Waals surface area contributed by atoms with E-state index in [1.165, 1.54) is 10.6 Å². The molecule has 8 heteroatoms. The largest absolute Gasteiger partial charge is 0.352 e. The molecular formula is C17H25N3O4S. The Morgan fingerprint density at radius 1 is 1.12 bits per heavy atom. The molecule has 0 aromatic heterocycles. The molecule has 2 amide bonds. The summed E-state index contributed by atoms with van der Waals surface area (Å²) in [4.78, 5) is 24.1. The van der Waals surface area contributed by atoms with Crippen molar-refractivity contribution in [2.75, 3.05) is 25.9 Å². The Kier molecular flexibility index (Phi) is 6.18. The Hall–Kier alpha value is -1.93. The molecule has 1 aliphatic rings. The monoisotopic (exact) mass is 367 g/mol. The van der Waals surface area contributed by atoms with Crippen LogP contribution in [0.4, 0.5) is 0 Å². The standard InChI is InChI=1S/C17H25N3O4S/c1-12-8-13(2)10-14(9-12)17(22)18-11-16(21)19-15-4-6-20(7-5-15)25(3,23)24/h8-10,15H,4-7,11H2,1-3H3,(H,18,22)(H,19,21). The molecule has 7 nitrogen and oxygen atoms in total. The van der Waals surface area contributed by atoms with Crippen LogP contribution in [0.3, 0.4) is 0 Å². The highest BCUT2D eigenvalue weighted by Crippen LogP contribution is 2.13. The predicted octanol–water partition coefficient (Wildman–Crippen LogP) is 0.573. The SMILES string of the molecule is Cc1cc(C)cc(C(=O)NCC(=O)NC2CCN(S(C)(=O)=O)CC2)c1. The van der Waals surface area contributed by atoms with Crippen LogP contribution in [0.25, 0.3) is 0 Å². The summed E-state index contributed by atoms with van der Waals surface area (Å²) in [5.41, 5.74) is 2.52. The summed E-state index contributed by atoms with van der Waals surface area (Å²) in [6.07, 6.45) is 2.34. The summed E-state index contributed by atoms with van der Waals surface area (Å²) in [6.45, 7) is 4.54. The lowest BCUT2D eigenvalue weighted by atomic mass is 10.1. The number of aryl methyl sites for hydroxylation is 2. The van der Waals surface area contributed by atoms with Crippen LogP contribution in [0.2, 0.25) is 0 Å². The van der Waals surface area contributed by atoms with E-state index in [0.29, 0.717) is 31.5 Å². The minimum absolute atomic E-state index is 0.0661. The highest BCUT2D eigenvalue weighted by molar-refractivity contribution is 7.88. The fourth-order valence-electron chi connectivity index (χ4n) is 2.98. The number of nitrogens with one attached hydrogen (secondary N) is 2. The fourth-order valence-corrected chi connectivity index (χ4v) is 3.85. The molecule has 0 saturated carbocycles. The van der Waals surface area contributed by atoms with Gasteiger partial charge in [-0.1, -0.05) is 17.2 Å². The number of amides is 2. The van der Waals surface area contributed by atoms with Crippen LogP contribution in [0.5, 0.6) is 0 Å². The van der Waals surface area contributed by atoms with Gasteiger partial charge in [-0.2, -0.15) is 0 Å². The number of sulfonamides is 1. The second-order valence-electron chi connectivity index (χ2n) is 6.56. The number of hydrogen-bond donors (Lipinski definition) is 2. The van der Waals surface area contributed by atoms with Crippen molar-refractivity contribution < 1.29 is 18.0 Å². The molecule has 25 heavy (non-hydrogen) atoms. The fraction of sp³-hybridized carbons (Fsp3) is 0.529. The zero-order chi connectivity index (χ0) is 18.6. The van der Waals surface area contributed by atoms with Gasteiger partial charge in [0.15, 0.2) is 0 Å². The molecule has 1 aromatic carbocycles. The second kappa shape index (κ2) is 7.97. The summed E-state index contributed by atoms with van der Waals surface area (Å²) in [7, 11) is -3.17. The van der Waals surface area contributed by atoms with E-state index in [9.17, 15) is 18.0 Å². The van der Waals surface area contributed by atoms with Gasteiger partial charge in [0.2, 0.25) is 15.9 Å². The summed E-state index contributed by atoms with van der Waals surface area (Å²) < 4.78 is 24.3. The highest BCUT2D eigenvalue weighted by atomic mass is 32.2. The van der Waals surface area contributed by atoms with Crippen molar-refractivity contribution >= 4 is 21.8 Å². The summed E-state index contributed by atoms with van der Waals surface area (Å²) in [5, 5.41) is 5.46. The molecule has 1 saturated heterocycles. The first kappa shape index (κ1) is 19.4. The Morgan fingerprint density at radius 3 is 2.20 bits per heavy atom. The number of benzene rings is 1. The van der Waals surface area contributed by atoms with Gasteiger partial charge in [0, 0.05) is 24.7 Å². The average molecular weight is 367 g/mol. The van der Waals surface area contributed by atoms with Crippen LogP contribution < -0.4 is 10.6 Å². The molecule has 1 fully saturated rings. The van der Waals surface area contributed by atoms with Crippen LogP contribution >= 0.6 is 0 Å². The van der Waals surface area contributed by atoms with Gasteiger partial charge in [0.25, 0.3) is 5.91 Å². The van der Waals surface area contributed by atoms with Crippen molar-refractivity contribution in [2.45, 2.75) is 32.7 Å². The first-order chi connectivity index (χ1) is 11.6. The molecular weight excluding hydrogens is 342 g/mol. The lowest BCUT2D eigenvalue weighted by Crippen LogP contribution is -2.48. The average Bonchev–Trinajstić information content (AvgIpc) is 2.51. The molecule has 0 atom stereocenters. The maximum atomic E-state index is 12.1. The van der Waals surface area contributed by atoms with Gasteiger partial charge in [-0.05, 0) is 38.8 Å². The quantitative estimate of drug-likeness (QED) is 0.795. The zero-order valence-electron chi connectivity index (χ0n) is 14.8. The van der Waals surface area contributed by atoms with Crippen LogP contribution in [-0.4, -0.2) is 56.5 Å². The minimum Gasteiger partial charge on any atom is -0.352 e. The summed E-state index contributed by atoms with van der Waals surface area (Å²) in [5.74, 6) is -0.552. The number of hydrogen-bond acceptors (Lipinski definition) is 4. The van der Waals surface area contributed by atoms with E-state index in [0.717, 1.165) is 11.1 Å². The van der Waals surface area contributed by atoms with Gasteiger partial charge < -0.3 is 10.6 Å². The zero-order valence-corrected chi connectivity index (χ0v) is 15.6. The summed E-state index contributed by atoms with van der Waals surface area (Å²) >= 11 is 0. The normalized spacial score (nSPS) is 16.4. The number of nitrogens with zero attached hydrogens (tertiary/aromatic N) is 1. The third kappa shape index (κ3) is 5.82. The molecule has 1 aliphatic heterocycles. The molecule has 2 rings (SSSR count). The molecule has 1 aromatic rings. The topological polar surface area (TPSA) is 95.6 Å². The third-order valence-electron chi connectivity index (χ3n) is 4.18. The van der Waals surface area contributed by atoms with Crippen LogP contribution in [0, 0.1) is 13.8 Å². The Bertz CT molecular complexity index is 733. The first-order valence-corrected chi connectivity index (χ1v) is 10.1. The Labute approximate surface area is 148 Å². The maximum absolute atomic E-state index is 12.1. The van der Waals surface area contributed by atoms with E-state index in [1.807, 2.05) is 19.9 Å². The van der Waals surface area contributed by atoms with Crippen molar-refractivity contribution in [3.8, 4) is 0 Å². The molecule has 0 spiro atoms.